The maximum atomic E-state index is 12.2. The predicted molar refractivity (Wildman–Crippen MR) is 101 cm³/mol. The first kappa shape index (κ1) is 19.1. The minimum atomic E-state index is -0.695. The van der Waals surface area contributed by atoms with Crippen LogP contribution in [0.3, 0.4) is 0 Å². The molecule has 26 heavy (non-hydrogen) atoms. The third kappa shape index (κ3) is 4.90. The Kier molecular flexibility index (Phi) is 6.45. The Morgan fingerprint density at radius 3 is 2.46 bits per heavy atom. The fourth-order valence-electron chi connectivity index (χ4n) is 1.93. The minimum absolute atomic E-state index is 0.00727. The zero-order chi connectivity index (χ0) is 19.1. The molecule has 4 N–H and O–H groups in total. The Bertz CT molecular complexity index is 882. The number of anilines is 1. The van der Waals surface area contributed by atoms with Crippen LogP contribution in [0.1, 0.15) is 17.3 Å². The van der Waals surface area contributed by atoms with Gasteiger partial charge in [-0.05, 0) is 37.3 Å². The Labute approximate surface area is 157 Å². The van der Waals surface area contributed by atoms with Crippen LogP contribution in [0, 0.1) is 0 Å². The zero-order valence-corrected chi connectivity index (χ0v) is 15.2. The second-order valence-corrected chi connectivity index (χ2v) is 5.98. The van der Waals surface area contributed by atoms with Crippen LogP contribution >= 0.6 is 15.9 Å². The Morgan fingerprint density at radius 1 is 1.12 bits per heavy atom. The number of phenols is 1. The molecule has 8 nitrogen and oxygen atoms in total. The van der Waals surface area contributed by atoms with Gasteiger partial charge in [-0.3, -0.25) is 9.59 Å². The predicted octanol–water partition coefficient (Wildman–Crippen LogP) is 2.73. The molecule has 0 saturated carbocycles. The van der Waals surface area contributed by atoms with Gasteiger partial charge >= 0.3 is 0 Å². The van der Waals surface area contributed by atoms with Crippen LogP contribution in [0.2, 0.25) is 0 Å². The number of hydrogen-bond acceptors (Lipinski definition) is 6. The molecule has 0 atom stereocenters. The lowest BCUT2D eigenvalue weighted by Crippen LogP contribution is -2.31. The van der Waals surface area contributed by atoms with Crippen LogP contribution < -0.4 is 10.7 Å². The third-order valence-corrected chi connectivity index (χ3v) is 3.71. The molecule has 2 rings (SSSR count). The third-order valence-electron chi connectivity index (χ3n) is 3.22. The summed E-state index contributed by atoms with van der Waals surface area (Å²) in [4.78, 5) is 24.2. The van der Waals surface area contributed by atoms with Crippen LogP contribution in [0.5, 0.6) is 5.75 Å². The van der Waals surface area contributed by atoms with Gasteiger partial charge in [0.25, 0.3) is 11.8 Å². The molecule has 0 bridgehead atoms. The van der Waals surface area contributed by atoms with Crippen molar-refractivity contribution in [3.05, 3.63) is 58.6 Å². The Balaban J connectivity index is 2.10. The summed E-state index contributed by atoms with van der Waals surface area (Å²) >= 11 is 3.20. The monoisotopic (exact) mass is 418 g/mol. The summed E-state index contributed by atoms with van der Waals surface area (Å²) in [5.74, 6) is -1.61. The molecule has 0 radical (unpaired) electrons. The SMILES string of the molecule is CC(=N/NC(=O)c1cc(Br)ccc1O)/C(=N\O)C(=O)Nc1ccccc1. The van der Waals surface area contributed by atoms with E-state index >= 15 is 0 Å². The first-order valence-corrected chi connectivity index (χ1v) is 8.13. The first-order chi connectivity index (χ1) is 12.4. The highest BCUT2D eigenvalue weighted by Gasteiger charge is 2.17. The lowest BCUT2D eigenvalue weighted by molar-refractivity contribution is -0.110. The molecule has 0 saturated heterocycles. The summed E-state index contributed by atoms with van der Waals surface area (Å²) in [7, 11) is 0. The molecule has 0 unspecified atom stereocenters. The van der Waals surface area contributed by atoms with Crippen molar-refractivity contribution in [1.29, 1.82) is 0 Å². The molecule has 0 aliphatic rings. The number of oxime groups is 1. The van der Waals surface area contributed by atoms with Gasteiger partial charge in [-0.1, -0.05) is 39.3 Å². The van der Waals surface area contributed by atoms with Gasteiger partial charge in [0.1, 0.15) is 5.75 Å². The summed E-state index contributed by atoms with van der Waals surface area (Å²) in [6.45, 7) is 1.39. The molecule has 2 aromatic carbocycles. The van der Waals surface area contributed by atoms with Gasteiger partial charge in [-0.25, -0.2) is 5.43 Å². The molecule has 0 aromatic heterocycles. The maximum absolute atomic E-state index is 12.2. The fraction of sp³-hybridized carbons (Fsp3) is 0.0588. The van der Waals surface area contributed by atoms with Crippen molar-refractivity contribution < 1.29 is 19.9 Å². The molecule has 2 aromatic rings. The van der Waals surface area contributed by atoms with E-state index in [2.05, 4.69) is 36.9 Å². The van der Waals surface area contributed by atoms with E-state index in [1.54, 1.807) is 36.4 Å². The number of amides is 2. The average Bonchev–Trinajstić information content (AvgIpc) is 2.63. The second-order valence-electron chi connectivity index (χ2n) is 5.07. The van der Waals surface area contributed by atoms with Crippen molar-refractivity contribution >= 4 is 44.9 Å². The number of para-hydroxylation sites is 1. The highest BCUT2D eigenvalue weighted by molar-refractivity contribution is 9.10. The Hall–Kier alpha value is -3.20. The van der Waals surface area contributed by atoms with Gasteiger partial charge in [-0.15, -0.1) is 0 Å². The number of halogens is 1. The number of benzene rings is 2. The summed E-state index contributed by atoms with van der Waals surface area (Å²) in [6.07, 6.45) is 0. The number of aromatic hydroxyl groups is 1. The van der Waals surface area contributed by atoms with E-state index in [0.29, 0.717) is 10.2 Å². The number of carbonyl (C=O) groups excluding carboxylic acids is 2. The highest BCUT2D eigenvalue weighted by atomic mass is 79.9. The van der Waals surface area contributed by atoms with Crippen LogP contribution in [0.15, 0.2) is 63.3 Å². The topological polar surface area (TPSA) is 123 Å². The summed E-state index contributed by atoms with van der Waals surface area (Å²) < 4.78 is 0.598. The van der Waals surface area contributed by atoms with Crippen LogP contribution in [0.25, 0.3) is 0 Å². The first-order valence-electron chi connectivity index (χ1n) is 7.34. The smallest absolute Gasteiger partial charge is 0.279 e. The van der Waals surface area contributed by atoms with Crippen molar-refractivity contribution in [3.63, 3.8) is 0 Å². The van der Waals surface area contributed by atoms with Crippen LogP contribution in [0.4, 0.5) is 5.69 Å². The Morgan fingerprint density at radius 2 is 1.81 bits per heavy atom. The van der Waals surface area contributed by atoms with Crippen molar-refractivity contribution in [2.45, 2.75) is 6.92 Å². The lowest BCUT2D eigenvalue weighted by atomic mass is 10.2. The number of phenolic OH excluding ortho intramolecular Hbond substituents is 1. The van der Waals surface area contributed by atoms with E-state index in [4.69, 9.17) is 5.21 Å². The second kappa shape index (κ2) is 8.77. The number of hydrogen-bond donors (Lipinski definition) is 4. The van der Waals surface area contributed by atoms with Gasteiger partial charge in [0.2, 0.25) is 0 Å². The highest BCUT2D eigenvalue weighted by Crippen LogP contribution is 2.21. The number of nitrogens with one attached hydrogen (secondary N) is 2. The fourth-order valence-corrected chi connectivity index (χ4v) is 2.29. The van der Waals surface area contributed by atoms with E-state index in [9.17, 15) is 14.7 Å². The van der Waals surface area contributed by atoms with E-state index in [1.807, 2.05) is 0 Å². The van der Waals surface area contributed by atoms with Gasteiger partial charge < -0.3 is 15.6 Å². The van der Waals surface area contributed by atoms with Gasteiger partial charge in [0.15, 0.2) is 5.71 Å². The molecule has 134 valence electrons. The number of nitrogens with zero attached hydrogens (tertiary/aromatic N) is 2. The maximum Gasteiger partial charge on any atom is 0.279 e. The van der Waals surface area contributed by atoms with Crippen LogP contribution in [-0.4, -0.2) is 33.6 Å². The van der Waals surface area contributed by atoms with Crippen molar-refractivity contribution in [1.82, 2.24) is 5.43 Å². The van der Waals surface area contributed by atoms with E-state index < -0.39 is 11.8 Å². The summed E-state index contributed by atoms with van der Waals surface area (Å²) in [5.41, 5.74) is 2.31. The quantitative estimate of drug-likeness (QED) is 0.338. The van der Waals surface area contributed by atoms with Crippen molar-refractivity contribution in [3.8, 4) is 5.75 Å². The van der Waals surface area contributed by atoms with Crippen molar-refractivity contribution in [2.24, 2.45) is 10.3 Å². The molecule has 0 spiro atoms. The zero-order valence-electron chi connectivity index (χ0n) is 13.6. The van der Waals surface area contributed by atoms with Gasteiger partial charge in [-0.2, -0.15) is 5.10 Å². The number of carbonyl (C=O) groups is 2. The summed E-state index contributed by atoms with van der Waals surface area (Å²) in [6, 6.07) is 12.9. The standard InChI is InChI=1S/C17H15BrN4O4/c1-10(15(22-26)17(25)19-12-5-3-2-4-6-12)20-21-16(24)13-9-11(18)7-8-14(13)23/h2-9,23,26H,1H3,(H,19,25)(H,21,24)/b20-10-,22-15+. The van der Waals surface area contributed by atoms with Crippen LogP contribution in [-0.2, 0) is 4.79 Å². The molecule has 0 aliphatic carbocycles. The minimum Gasteiger partial charge on any atom is -0.507 e. The van der Waals surface area contributed by atoms with Gasteiger partial charge in [0, 0.05) is 10.2 Å². The average molecular weight is 419 g/mol. The number of hydrazone groups is 1. The molecular weight excluding hydrogens is 404 g/mol. The molecule has 9 heteroatoms. The van der Waals surface area contributed by atoms with E-state index in [0.717, 1.165) is 0 Å². The molecule has 0 heterocycles. The number of rotatable bonds is 5. The molecule has 0 aliphatic heterocycles. The van der Waals surface area contributed by atoms with Gasteiger partial charge in [0.05, 0.1) is 11.3 Å². The largest absolute Gasteiger partial charge is 0.507 e. The van der Waals surface area contributed by atoms with Crippen molar-refractivity contribution in [2.75, 3.05) is 5.32 Å². The van der Waals surface area contributed by atoms with E-state index in [1.165, 1.54) is 19.1 Å². The molecular formula is C17H15BrN4O4. The normalized spacial score (nSPS) is 11.8. The lowest BCUT2D eigenvalue weighted by Gasteiger charge is -2.07. The molecule has 2 amide bonds. The van der Waals surface area contributed by atoms with E-state index in [-0.39, 0.29) is 22.7 Å². The summed E-state index contributed by atoms with van der Waals surface area (Å²) in [5, 5.41) is 28.0. The molecule has 0 fully saturated rings.